The summed E-state index contributed by atoms with van der Waals surface area (Å²) in [5.41, 5.74) is 3.92. The third-order valence-electron chi connectivity index (χ3n) is 6.70. The summed E-state index contributed by atoms with van der Waals surface area (Å²) in [5, 5.41) is 0. The lowest BCUT2D eigenvalue weighted by Crippen LogP contribution is -2.37. The van der Waals surface area contributed by atoms with E-state index in [0.717, 1.165) is 37.2 Å². The molecular formula is C27H40N2OS. The SMILES string of the molecule is CC.CCc1cc(-c2ccc(C3CCN(C(C)C)CC3)cc2)sc1C(=O)N1CCCC1. The van der Waals surface area contributed by atoms with Crippen LogP contribution in [0, 0.1) is 0 Å². The van der Waals surface area contributed by atoms with Gasteiger partial charge in [0.2, 0.25) is 0 Å². The molecule has 0 bridgehead atoms. The number of benzene rings is 1. The molecule has 0 saturated carbocycles. The maximum absolute atomic E-state index is 12.9. The van der Waals surface area contributed by atoms with Gasteiger partial charge in [-0.3, -0.25) is 4.79 Å². The van der Waals surface area contributed by atoms with E-state index in [1.165, 1.54) is 47.5 Å². The zero-order valence-corrected chi connectivity index (χ0v) is 20.9. The lowest BCUT2D eigenvalue weighted by atomic mass is 9.88. The Kier molecular flexibility index (Phi) is 8.74. The van der Waals surface area contributed by atoms with E-state index in [1.54, 1.807) is 11.3 Å². The van der Waals surface area contributed by atoms with Crippen molar-refractivity contribution in [2.75, 3.05) is 26.2 Å². The number of thiophene rings is 1. The molecule has 0 N–H and O–H groups in total. The fourth-order valence-corrected chi connectivity index (χ4v) is 5.97. The molecular weight excluding hydrogens is 400 g/mol. The first kappa shape index (κ1) is 24.0. The first-order valence-electron chi connectivity index (χ1n) is 12.3. The zero-order valence-electron chi connectivity index (χ0n) is 20.1. The number of hydrogen-bond acceptors (Lipinski definition) is 3. The Morgan fingerprint density at radius 1 is 1.03 bits per heavy atom. The highest BCUT2D eigenvalue weighted by atomic mass is 32.1. The Labute approximate surface area is 193 Å². The van der Waals surface area contributed by atoms with Gasteiger partial charge in [-0.1, -0.05) is 45.0 Å². The van der Waals surface area contributed by atoms with Crippen LogP contribution in [-0.4, -0.2) is 47.9 Å². The van der Waals surface area contributed by atoms with Gasteiger partial charge in [-0.05, 0) is 87.7 Å². The van der Waals surface area contributed by atoms with Gasteiger partial charge in [-0.25, -0.2) is 0 Å². The summed E-state index contributed by atoms with van der Waals surface area (Å²) in [5.74, 6) is 0.921. The molecule has 170 valence electrons. The van der Waals surface area contributed by atoms with Crippen molar-refractivity contribution < 1.29 is 4.79 Å². The standard InChI is InChI=1S/C25H34N2OS.C2H6/c1-4-19-17-23(29-24(19)25(28)27-13-5-6-14-27)22-9-7-20(8-10-22)21-11-15-26(16-12-21)18(2)3;1-2/h7-10,17-18,21H,4-6,11-16H2,1-3H3;1-2H3. The van der Waals surface area contributed by atoms with Crippen molar-refractivity contribution in [3.05, 3.63) is 46.3 Å². The second kappa shape index (κ2) is 11.3. The van der Waals surface area contributed by atoms with Crippen molar-refractivity contribution in [2.45, 2.75) is 78.7 Å². The first-order chi connectivity index (χ1) is 15.1. The minimum absolute atomic E-state index is 0.240. The third-order valence-corrected chi connectivity index (χ3v) is 7.92. The van der Waals surface area contributed by atoms with Crippen LogP contribution >= 0.6 is 11.3 Å². The normalized spacial score (nSPS) is 17.7. The number of carbonyl (C=O) groups excluding carboxylic acids is 1. The molecule has 4 heteroatoms. The molecule has 2 aliphatic rings. The number of carbonyl (C=O) groups is 1. The Morgan fingerprint density at radius 3 is 2.19 bits per heavy atom. The molecule has 1 aromatic carbocycles. The van der Waals surface area contributed by atoms with Crippen LogP contribution in [0.5, 0.6) is 0 Å². The van der Waals surface area contributed by atoms with E-state index in [9.17, 15) is 4.79 Å². The predicted octanol–water partition coefficient (Wildman–Crippen LogP) is 6.83. The molecule has 1 amide bonds. The number of likely N-dealkylation sites (tertiary alicyclic amines) is 2. The summed E-state index contributed by atoms with van der Waals surface area (Å²) in [6.45, 7) is 15.0. The Bertz CT molecular complexity index is 825. The number of nitrogens with zero attached hydrogens (tertiary/aromatic N) is 2. The quantitative estimate of drug-likeness (QED) is 0.509. The van der Waals surface area contributed by atoms with E-state index in [-0.39, 0.29) is 5.91 Å². The topological polar surface area (TPSA) is 23.6 Å². The van der Waals surface area contributed by atoms with Gasteiger partial charge in [0.1, 0.15) is 0 Å². The summed E-state index contributed by atoms with van der Waals surface area (Å²) in [6.07, 6.45) is 5.71. The Morgan fingerprint density at radius 2 is 1.65 bits per heavy atom. The highest BCUT2D eigenvalue weighted by Gasteiger charge is 2.25. The van der Waals surface area contributed by atoms with Gasteiger partial charge in [0.25, 0.3) is 5.91 Å². The maximum atomic E-state index is 12.9. The van der Waals surface area contributed by atoms with Crippen molar-refractivity contribution in [2.24, 2.45) is 0 Å². The van der Waals surface area contributed by atoms with Crippen molar-refractivity contribution in [3.63, 3.8) is 0 Å². The van der Waals surface area contributed by atoms with Crippen molar-refractivity contribution in [1.82, 2.24) is 9.80 Å². The minimum atomic E-state index is 0.240. The Balaban J connectivity index is 0.00000132. The van der Waals surface area contributed by atoms with Crippen molar-refractivity contribution in [3.8, 4) is 10.4 Å². The number of rotatable bonds is 5. The average Bonchev–Trinajstić information content (AvgIpc) is 3.50. The van der Waals surface area contributed by atoms with Gasteiger partial charge >= 0.3 is 0 Å². The average molecular weight is 441 g/mol. The number of piperidine rings is 1. The highest BCUT2D eigenvalue weighted by molar-refractivity contribution is 7.17. The van der Waals surface area contributed by atoms with E-state index < -0.39 is 0 Å². The molecule has 2 saturated heterocycles. The second-order valence-corrected chi connectivity index (χ2v) is 9.90. The number of hydrogen-bond donors (Lipinski definition) is 0. The molecule has 2 aliphatic heterocycles. The van der Waals surface area contributed by atoms with Crippen LogP contribution in [0.1, 0.15) is 87.0 Å². The maximum Gasteiger partial charge on any atom is 0.264 e. The smallest absolute Gasteiger partial charge is 0.264 e. The Hall–Kier alpha value is -1.65. The highest BCUT2D eigenvalue weighted by Crippen LogP contribution is 2.35. The fourth-order valence-electron chi connectivity index (χ4n) is 4.75. The molecule has 0 atom stereocenters. The lowest BCUT2D eigenvalue weighted by molar-refractivity contribution is 0.0796. The second-order valence-electron chi connectivity index (χ2n) is 8.84. The predicted molar refractivity (Wildman–Crippen MR) is 134 cm³/mol. The van der Waals surface area contributed by atoms with Crippen molar-refractivity contribution >= 4 is 17.2 Å². The van der Waals surface area contributed by atoms with Crippen molar-refractivity contribution in [1.29, 1.82) is 0 Å². The molecule has 4 rings (SSSR count). The van der Waals surface area contributed by atoms with E-state index in [1.807, 2.05) is 18.7 Å². The largest absolute Gasteiger partial charge is 0.338 e. The van der Waals surface area contributed by atoms with Gasteiger partial charge in [0.15, 0.2) is 0 Å². The van der Waals surface area contributed by atoms with Crippen LogP contribution in [0.3, 0.4) is 0 Å². The van der Waals surface area contributed by atoms with Gasteiger partial charge in [-0.15, -0.1) is 11.3 Å². The molecule has 2 aromatic rings. The molecule has 3 heterocycles. The summed E-state index contributed by atoms with van der Waals surface area (Å²) in [4.78, 5) is 19.7. The monoisotopic (exact) mass is 440 g/mol. The van der Waals surface area contributed by atoms with Crippen LogP contribution < -0.4 is 0 Å². The molecule has 0 spiro atoms. The molecule has 0 aliphatic carbocycles. The van der Waals surface area contributed by atoms with Crippen LogP contribution in [-0.2, 0) is 6.42 Å². The third kappa shape index (κ3) is 5.59. The van der Waals surface area contributed by atoms with E-state index in [0.29, 0.717) is 12.0 Å². The summed E-state index contributed by atoms with van der Waals surface area (Å²) in [7, 11) is 0. The molecule has 0 radical (unpaired) electrons. The molecule has 31 heavy (non-hydrogen) atoms. The lowest BCUT2D eigenvalue weighted by Gasteiger charge is -2.34. The van der Waals surface area contributed by atoms with Crippen LogP contribution in [0.2, 0.25) is 0 Å². The number of amides is 1. The van der Waals surface area contributed by atoms with Gasteiger partial charge in [-0.2, -0.15) is 0 Å². The summed E-state index contributed by atoms with van der Waals surface area (Å²) < 4.78 is 0. The van der Waals surface area contributed by atoms with Crippen LogP contribution in [0.15, 0.2) is 30.3 Å². The van der Waals surface area contributed by atoms with E-state index in [2.05, 4.69) is 56.0 Å². The van der Waals surface area contributed by atoms with Gasteiger partial charge in [0, 0.05) is 24.0 Å². The summed E-state index contributed by atoms with van der Waals surface area (Å²) in [6, 6.07) is 12.1. The van der Waals surface area contributed by atoms with Gasteiger partial charge in [0.05, 0.1) is 4.88 Å². The van der Waals surface area contributed by atoms with E-state index >= 15 is 0 Å². The minimum Gasteiger partial charge on any atom is -0.338 e. The number of aryl methyl sites for hydroxylation is 1. The zero-order chi connectivity index (χ0) is 22.4. The van der Waals surface area contributed by atoms with Crippen LogP contribution in [0.25, 0.3) is 10.4 Å². The van der Waals surface area contributed by atoms with Gasteiger partial charge < -0.3 is 9.80 Å². The summed E-state index contributed by atoms with van der Waals surface area (Å²) >= 11 is 1.68. The molecule has 0 unspecified atom stereocenters. The molecule has 3 nitrogen and oxygen atoms in total. The van der Waals surface area contributed by atoms with E-state index in [4.69, 9.17) is 0 Å². The fraction of sp³-hybridized carbons (Fsp3) is 0.593. The molecule has 2 fully saturated rings. The molecule has 1 aromatic heterocycles. The van der Waals surface area contributed by atoms with Crippen LogP contribution in [0.4, 0.5) is 0 Å². The first-order valence-corrected chi connectivity index (χ1v) is 13.1.